The number of rotatable bonds is 14. The number of ketones is 1. The number of ether oxygens (including phenoxy) is 5. The first-order valence-corrected chi connectivity index (χ1v) is 14.7. The van der Waals surface area contributed by atoms with Crippen molar-refractivity contribution in [1.29, 1.82) is 0 Å². The van der Waals surface area contributed by atoms with Crippen LogP contribution in [0.3, 0.4) is 0 Å². The predicted octanol–water partition coefficient (Wildman–Crippen LogP) is 7.14. The van der Waals surface area contributed by atoms with Crippen LogP contribution in [0.1, 0.15) is 102 Å². The topological polar surface area (TPSA) is 92.3 Å². The summed E-state index contributed by atoms with van der Waals surface area (Å²) in [6.07, 6.45) is -1.09. The highest BCUT2D eigenvalue weighted by Gasteiger charge is 2.40. The van der Waals surface area contributed by atoms with Gasteiger partial charge in [-0.25, -0.2) is 4.79 Å². The fraction of sp³-hybridized carbons (Fsp3) is 0.412. The second-order valence-corrected chi connectivity index (χ2v) is 9.74. The van der Waals surface area contributed by atoms with E-state index in [0.29, 0.717) is 37.7 Å². The quantitative estimate of drug-likeness (QED) is 0.160. The van der Waals surface area contributed by atoms with Gasteiger partial charge in [0.15, 0.2) is 18.4 Å². The lowest BCUT2D eigenvalue weighted by molar-refractivity contribution is -0.140. The smallest absolute Gasteiger partial charge is 0.338 e. The van der Waals surface area contributed by atoms with E-state index < -0.39 is 30.5 Å². The lowest BCUT2D eigenvalue weighted by atomic mass is 9.76. The first kappa shape index (κ1) is 31.4. The highest BCUT2D eigenvalue weighted by atomic mass is 16.7. The number of nitrogens with one attached hydrogen (secondary N) is 1. The third-order valence-corrected chi connectivity index (χ3v) is 7.09. The van der Waals surface area contributed by atoms with Gasteiger partial charge in [-0.3, -0.25) is 4.79 Å². The lowest BCUT2D eigenvalue weighted by Gasteiger charge is -2.35. The summed E-state index contributed by atoms with van der Waals surface area (Å²) in [6.45, 7) is 11.6. The molecular formula is C34H41NO7. The average molecular weight is 576 g/mol. The van der Waals surface area contributed by atoms with Crippen LogP contribution in [0.15, 0.2) is 66.7 Å². The molecule has 0 bridgehead atoms. The zero-order valence-corrected chi connectivity index (χ0v) is 25.1. The minimum Gasteiger partial charge on any atom is -0.462 e. The van der Waals surface area contributed by atoms with Gasteiger partial charge in [-0.1, -0.05) is 42.5 Å². The van der Waals surface area contributed by atoms with Crippen molar-refractivity contribution in [2.75, 3.05) is 38.4 Å². The first-order chi connectivity index (χ1) is 20.5. The Morgan fingerprint density at radius 3 is 1.79 bits per heavy atom. The van der Waals surface area contributed by atoms with Crippen LogP contribution in [0, 0.1) is 0 Å². The molecule has 0 radical (unpaired) electrons. The van der Waals surface area contributed by atoms with E-state index >= 15 is 0 Å². The fourth-order valence-electron chi connectivity index (χ4n) is 5.38. The van der Waals surface area contributed by atoms with E-state index in [1.54, 1.807) is 19.1 Å². The van der Waals surface area contributed by atoms with Crippen LogP contribution in [-0.4, -0.2) is 44.8 Å². The molecule has 3 aromatic carbocycles. The molecule has 1 aliphatic rings. The van der Waals surface area contributed by atoms with Crippen molar-refractivity contribution in [2.24, 2.45) is 0 Å². The van der Waals surface area contributed by atoms with Gasteiger partial charge >= 0.3 is 5.97 Å². The van der Waals surface area contributed by atoms with Crippen molar-refractivity contribution in [1.82, 2.24) is 0 Å². The van der Waals surface area contributed by atoms with Crippen molar-refractivity contribution in [3.8, 4) is 0 Å². The van der Waals surface area contributed by atoms with Gasteiger partial charge in [0.2, 0.25) is 0 Å². The van der Waals surface area contributed by atoms with Crippen LogP contribution in [0.5, 0.6) is 0 Å². The van der Waals surface area contributed by atoms with E-state index in [0.717, 1.165) is 22.3 Å². The third-order valence-electron chi connectivity index (χ3n) is 7.09. The standard InChI is InChI=1S/C34H41NO7/c1-6-38-32(37)26-18-13-19-27-29(26)31(36)28(22-14-11-16-24(20-22)33(39-7-2)40-8-3)30(35-27)23-15-12-17-25(21-23)34(41-9-4)42-10-5/h11-21,28,30,33-35H,6-10H2,1-5H3. The van der Waals surface area contributed by atoms with Crippen LogP contribution in [0.2, 0.25) is 0 Å². The van der Waals surface area contributed by atoms with Gasteiger partial charge in [0.05, 0.1) is 29.7 Å². The Balaban J connectivity index is 1.86. The second-order valence-electron chi connectivity index (χ2n) is 9.74. The number of fused-ring (bicyclic) bond motifs is 1. The van der Waals surface area contributed by atoms with Gasteiger partial charge in [0, 0.05) is 43.2 Å². The number of Topliss-reactive ketones (excluding diaryl/α,β-unsaturated/α-hetero) is 1. The molecule has 0 fully saturated rings. The summed E-state index contributed by atoms with van der Waals surface area (Å²) < 4.78 is 28.8. The maximum absolute atomic E-state index is 14.5. The number of hydrogen-bond donors (Lipinski definition) is 1. The van der Waals surface area contributed by atoms with Crippen molar-refractivity contribution in [3.05, 3.63) is 100 Å². The molecule has 8 nitrogen and oxygen atoms in total. The largest absolute Gasteiger partial charge is 0.462 e. The number of carbonyl (C=O) groups excluding carboxylic acids is 2. The molecule has 1 heterocycles. The summed E-state index contributed by atoms with van der Waals surface area (Å²) in [6, 6.07) is 20.4. The second kappa shape index (κ2) is 15.1. The van der Waals surface area contributed by atoms with Gasteiger partial charge in [-0.15, -0.1) is 0 Å². The Morgan fingerprint density at radius 1 is 0.714 bits per heavy atom. The summed E-state index contributed by atoms with van der Waals surface area (Å²) >= 11 is 0. The van der Waals surface area contributed by atoms with Crippen molar-refractivity contribution in [3.63, 3.8) is 0 Å². The van der Waals surface area contributed by atoms with Crippen molar-refractivity contribution in [2.45, 2.75) is 59.2 Å². The highest BCUT2D eigenvalue weighted by Crippen LogP contribution is 2.44. The van der Waals surface area contributed by atoms with E-state index in [2.05, 4.69) is 5.32 Å². The molecule has 1 aliphatic heterocycles. The lowest BCUT2D eigenvalue weighted by Crippen LogP contribution is -2.33. The summed E-state index contributed by atoms with van der Waals surface area (Å²) in [4.78, 5) is 27.5. The van der Waals surface area contributed by atoms with Crippen LogP contribution in [0.25, 0.3) is 0 Å². The van der Waals surface area contributed by atoms with E-state index in [9.17, 15) is 9.59 Å². The maximum atomic E-state index is 14.5. The van der Waals surface area contributed by atoms with E-state index in [1.165, 1.54) is 0 Å². The van der Waals surface area contributed by atoms with Crippen molar-refractivity contribution >= 4 is 17.4 Å². The molecule has 0 aromatic heterocycles. The zero-order valence-electron chi connectivity index (χ0n) is 25.1. The molecule has 0 spiro atoms. The fourth-order valence-corrected chi connectivity index (χ4v) is 5.38. The summed E-state index contributed by atoms with van der Waals surface area (Å²) in [5, 5.41) is 3.59. The molecular weight excluding hydrogens is 534 g/mol. The minimum atomic E-state index is -0.662. The maximum Gasteiger partial charge on any atom is 0.338 e. The molecule has 224 valence electrons. The van der Waals surface area contributed by atoms with Crippen LogP contribution in [-0.2, 0) is 23.7 Å². The van der Waals surface area contributed by atoms with Gasteiger partial charge in [0.25, 0.3) is 0 Å². The van der Waals surface area contributed by atoms with E-state index in [4.69, 9.17) is 23.7 Å². The third kappa shape index (κ3) is 6.90. The molecule has 2 atom stereocenters. The summed E-state index contributed by atoms with van der Waals surface area (Å²) in [5.74, 6) is -1.36. The molecule has 3 aromatic rings. The van der Waals surface area contributed by atoms with Crippen LogP contribution >= 0.6 is 0 Å². The molecule has 0 saturated carbocycles. The van der Waals surface area contributed by atoms with E-state index in [1.807, 2.05) is 82.3 Å². The predicted molar refractivity (Wildman–Crippen MR) is 161 cm³/mol. The molecule has 42 heavy (non-hydrogen) atoms. The zero-order chi connectivity index (χ0) is 30.1. The Bertz CT molecular complexity index is 1350. The molecule has 1 N–H and O–H groups in total. The summed E-state index contributed by atoms with van der Waals surface area (Å²) in [5.41, 5.74) is 4.49. The van der Waals surface area contributed by atoms with Crippen molar-refractivity contribution < 1.29 is 33.3 Å². The van der Waals surface area contributed by atoms with E-state index in [-0.39, 0.29) is 18.0 Å². The first-order valence-electron chi connectivity index (χ1n) is 14.7. The minimum absolute atomic E-state index is 0.171. The molecule has 8 heteroatoms. The number of carbonyl (C=O) groups is 2. The summed E-state index contributed by atoms with van der Waals surface area (Å²) in [7, 11) is 0. The van der Waals surface area contributed by atoms with Gasteiger partial charge in [-0.05, 0) is 70.0 Å². The Kier molecular flexibility index (Phi) is 11.3. The number of hydrogen-bond acceptors (Lipinski definition) is 8. The number of benzene rings is 3. The van der Waals surface area contributed by atoms with Crippen LogP contribution < -0.4 is 5.32 Å². The Hall–Kier alpha value is -3.56. The number of esters is 1. The van der Waals surface area contributed by atoms with Gasteiger partial charge in [-0.2, -0.15) is 0 Å². The molecule has 0 amide bonds. The Morgan fingerprint density at radius 2 is 1.24 bits per heavy atom. The monoisotopic (exact) mass is 575 g/mol. The average Bonchev–Trinajstić information content (AvgIpc) is 3.00. The SMILES string of the molecule is CCOC(=O)c1cccc2c1C(=O)C(c1cccc(C(OCC)OCC)c1)C(c1cccc(C(OCC)OCC)c1)N2. The molecule has 0 saturated heterocycles. The molecule has 4 rings (SSSR count). The van der Waals surface area contributed by atoms with Crippen LogP contribution in [0.4, 0.5) is 5.69 Å². The number of anilines is 1. The highest BCUT2D eigenvalue weighted by molar-refractivity contribution is 6.14. The van der Waals surface area contributed by atoms with Gasteiger partial charge in [0.1, 0.15) is 0 Å². The normalized spacial score (nSPS) is 16.4. The van der Waals surface area contributed by atoms with Gasteiger partial charge < -0.3 is 29.0 Å². The molecule has 2 unspecified atom stereocenters. The Labute approximate surface area is 248 Å². The molecule has 0 aliphatic carbocycles.